The Kier molecular flexibility index (Phi) is 4.32. The largest absolute Gasteiger partial charge is 0.374 e. The van der Waals surface area contributed by atoms with E-state index in [-0.39, 0.29) is 5.60 Å². The quantitative estimate of drug-likeness (QED) is 0.860. The number of ether oxygens (including phenoxy) is 1. The number of thiophene rings is 1. The molecule has 1 atom stereocenters. The highest BCUT2D eigenvalue weighted by Crippen LogP contribution is 2.27. The molecule has 1 fully saturated rings. The molecule has 0 amide bonds. The number of rotatable bonds is 5. The Balaban J connectivity index is 2.11. The summed E-state index contributed by atoms with van der Waals surface area (Å²) < 4.78 is 32.8. The number of nitrogens with two attached hydrogens (primary N) is 1. The zero-order valence-corrected chi connectivity index (χ0v) is 12.9. The van der Waals surface area contributed by atoms with Crippen LogP contribution in [0.4, 0.5) is 0 Å². The third kappa shape index (κ3) is 3.35. The molecule has 7 heteroatoms. The third-order valence-electron chi connectivity index (χ3n) is 3.35. The van der Waals surface area contributed by atoms with Crippen molar-refractivity contribution in [3.63, 3.8) is 0 Å². The van der Waals surface area contributed by atoms with E-state index in [1.165, 1.54) is 11.3 Å². The van der Waals surface area contributed by atoms with E-state index >= 15 is 0 Å². The van der Waals surface area contributed by atoms with Crippen LogP contribution in [0.1, 0.15) is 29.5 Å². The van der Waals surface area contributed by atoms with Gasteiger partial charge in [0.2, 0.25) is 10.0 Å². The molecule has 0 bridgehead atoms. The van der Waals surface area contributed by atoms with Gasteiger partial charge in [0.25, 0.3) is 0 Å². The number of sulfonamides is 1. The molecule has 0 spiro atoms. The van der Waals surface area contributed by atoms with Crippen LogP contribution in [0.2, 0.25) is 0 Å². The normalized spacial score (nSPS) is 23.9. The maximum absolute atomic E-state index is 12.3. The first-order chi connectivity index (χ1) is 8.86. The second-order valence-electron chi connectivity index (χ2n) is 5.06. The van der Waals surface area contributed by atoms with E-state index < -0.39 is 10.0 Å². The lowest BCUT2D eigenvalue weighted by atomic mass is 10.0. The van der Waals surface area contributed by atoms with E-state index in [1.807, 2.05) is 6.92 Å². The van der Waals surface area contributed by atoms with Crippen molar-refractivity contribution in [1.29, 1.82) is 0 Å². The summed E-state index contributed by atoms with van der Waals surface area (Å²) in [5.74, 6) is 0. The molecule has 2 rings (SSSR count). The average Bonchev–Trinajstić information content (AvgIpc) is 2.94. The van der Waals surface area contributed by atoms with Gasteiger partial charge in [-0.05, 0) is 32.8 Å². The van der Waals surface area contributed by atoms with Gasteiger partial charge >= 0.3 is 0 Å². The minimum absolute atomic E-state index is 0.308. The lowest BCUT2D eigenvalue weighted by Gasteiger charge is -2.23. The van der Waals surface area contributed by atoms with Gasteiger partial charge in [0.05, 0.1) is 10.5 Å². The molecule has 0 radical (unpaired) electrons. The van der Waals surface area contributed by atoms with Crippen molar-refractivity contribution in [2.45, 2.75) is 43.7 Å². The van der Waals surface area contributed by atoms with Gasteiger partial charge < -0.3 is 10.5 Å². The fraction of sp³-hybridized carbons (Fsp3) is 0.667. The molecule has 3 N–H and O–H groups in total. The fourth-order valence-corrected chi connectivity index (χ4v) is 4.86. The molecule has 1 saturated heterocycles. The van der Waals surface area contributed by atoms with Gasteiger partial charge in [-0.2, -0.15) is 0 Å². The van der Waals surface area contributed by atoms with Crippen LogP contribution in [0.5, 0.6) is 0 Å². The molecular weight excluding hydrogens is 284 g/mol. The van der Waals surface area contributed by atoms with E-state index in [1.54, 1.807) is 13.0 Å². The predicted octanol–water partition coefficient (Wildman–Crippen LogP) is 1.36. The molecule has 1 aliphatic heterocycles. The Morgan fingerprint density at radius 1 is 1.58 bits per heavy atom. The number of hydrogen-bond acceptors (Lipinski definition) is 5. The first-order valence-electron chi connectivity index (χ1n) is 6.29. The highest BCUT2D eigenvalue weighted by Gasteiger charge is 2.32. The first-order valence-corrected chi connectivity index (χ1v) is 8.59. The maximum atomic E-state index is 12.3. The zero-order valence-electron chi connectivity index (χ0n) is 11.2. The molecule has 108 valence electrons. The van der Waals surface area contributed by atoms with Crippen molar-refractivity contribution in [2.75, 3.05) is 13.2 Å². The third-order valence-corrected chi connectivity index (χ3v) is 6.08. The van der Waals surface area contributed by atoms with Crippen LogP contribution >= 0.6 is 11.3 Å². The van der Waals surface area contributed by atoms with Crippen LogP contribution in [0.15, 0.2) is 11.0 Å². The highest BCUT2D eigenvalue weighted by molar-refractivity contribution is 7.89. The molecule has 1 unspecified atom stereocenters. The molecule has 1 aromatic heterocycles. The Bertz CT molecular complexity index is 545. The second kappa shape index (κ2) is 5.49. The number of hydrogen-bond donors (Lipinski definition) is 2. The first kappa shape index (κ1) is 14.9. The van der Waals surface area contributed by atoms with Gasteiger partial charge in [-0.3, -0.25) is 0 Å². The monoisotopic (exact) mass is 304 g/mol. The summed E-state index contributed by atoms with van der Waals surface area (Å²) >= 11 is 1.42. The van der Waals surface area contributed by atoms with Gasteiger partial charge in [0, 0.05) is 29.5 Å². The number of aryl methyl sites for hydroxylation is 1. The van der Waals surface area contributed by atoms with E-state index in [4.69, 9.17) is 10.5 Å². The van der Waals surface area contributed by atoms with Crippen LogP contribution < -0.4 is 10.5 Å². The van der Waals surface area contributed by atoms with Gasteiger partial charge in [-0.25, -0.2) is 13.1 Å². The van der Waals surface area contributed by atoms with Gasteiger partial charge in [-0.15, -0.1) is 11.3 Å². The molecule has 0 aliphatic carbocycles. The summed E-state index contributed by atoms with van der Waals surface area (Å²) in [6.45, 7) is 5.11. The fourth-order valence-electron chi connectivity index (χ4n) is 2.19. The van der Waals surface area contributed by atoms with Crippen molar-refractivity contribution in [3.05, 3.63) is 15.8 Å². The maximum Gasteiger partial charge on any atom is 0.241 e. The van der Waals surface area contributed by atoms with E-state index in [2.05, 4.69) is 4.72 Å². The van der Waals surface area contributed by atoms with E-state index in [0.717, 1.165) is 22.6 Å². The Morgan fingerprint density at radius 3 is 2.84 bits per heavy atom. The Labute approximate surface area is 118 Å². The summed E-state index contributed by atoms with van der Waals surface area (Å²) in [5.41, 5.74) is 5.16. The summed E-state index contributed by atoms with van der Waals surface area (Å²) in [4.78, 5) is 1.98. The molecule has 19 heavy (non-hydrogen) atoms. The van der Waals surface area contributed by atoms with Crippen LogP contribution in [0, 0.1) is 6.92 Å². The highest BCUT2D eigenvalue weighted by atomic mass is 32.2. The summed E-state index contributed by atoms with van der Waals surface area (Å²) in [7, 11) is -3.48. The molecule has 0 saturated carbocycles. The molecule has 5 nitrogen and oxygen atoms in total. The number of nitrogens with one attached hydrogen (secondary N) is 1. The van der Waals surface area contributed by atoms with Gasteiger partial charge in [0.15, 0.2) is 0 Å². The SMILES string of the molecule is Cc1sc(CN)cc1S(=O)(=O)NCC1(C)CCCO1. The van der Waals surface area contributed by atoms with Crippen LogP contribution in [-0.2, 0) is 21.3 Å². The van der Waals surface area contributed by atoms with Gasteiger partial charge in [0.1, 0.15) is 0 Å². The molecule has 0 aromatic carbocycles. The lowest BCUT2D eigenvalue weighted by Crippen LogP contribution is -2.40. The van der Waals surface area contributed by atoms with Crippen molar-refractivity contribution < 1.29 is 13.2 Å². The lowest BCUT2D eigenvalue weighted by molar-refractivity contribution is 0.0250. The van der Waals surface area contributed by atoms with Crippen molar-refractivity contribution in [2.24, 2.45) is 5.73 Å². The Morgan fingerprint density at radius 2 is 2.32 bits per heavy atom. The minimum Gasteiger partial charge on any atom is -0.374 e. The van der Waals surface area contributed by atoms with Gasteiger partial charge in [-0.1, -0.05) is 0 Å². The molecule has 1 aromatic rings. The Hall–Kier alpha value is -0.470. The van der Waals surface area contributed by atoms with Crippen molar-refractivity contribution in [3.8, 4) is 0 Å². The summed E-state index contributed by atoms with van der Waals surface area (Å²) in [5, 5.41) is 0. The summed E-state index contributed by atoms with van der Waals surface area (Å²) in [6.07, 6.45) is 1.86. The summed E-state index contributed by atoms with van der Waals surface area (Å²) in [6, 6.07) is 1.65. The smallest absolute Gasteiger partial charge is 0.241 e. The van der Waals surface area contributed by atoms with Crippen LogP contribution in [0.25, 0.3) is 0 Å². The van der Waals surface area contributed by atoms with E-state index in [9.17, 15) is 8.42 Å². The van der Waals surface area contributed by atoms with Crippen LogP contribution in [0.3, 0.4) is 0 Å². The molecule has 2 heterocycles. The average molecular weight is 304 g/mol. The second-order valence-corrected chi connectivity index (χ2v) is 8.14. The predicted molar refractivity (Wildman–Crippen MR) is 75.7 cm³/mol. The van der Waals surface area contributed by atoms with E-state index in [0.29, 0.717) is 24.6 Å². The molecule has 1 aliphatic rings. The molecular formula is C12H20N2O3S2. The standard InChI is InChI=1S/C12H20N2O3S2/c1-9-11(6-10(7-13)18-9)19(15,16)14-8-12(2)4-3-5-17-12/h6,14H,3-5,7-8,13H2,1-2H3. The van der Waals surface area contributed by atoms with Crippen LogP contribution in [-0.4, -0.2) is 27.2 Å². The minimum atomic E-state index is -3.48. The van der Waals surface area contributed by atoms with Crippen molar-refractivity contribution >= 4 is 21.4 Å². The zero-order chi connectivity index (χ0) is 14.1. The topological polar surface area (TPSA) is 81.4 Å². The van der Waals surface area contributed by atoms with Crippen molar-refractivity contribution in [1.82, 2.24) is 4.72 Å².